The van der Waals surface area contributed by atoms with Gasteiger partial charge in [0.1, 0.15) is 5.75 Å². The van der Waals surface area contributed by atoms with Gasteiger partial charge in [-0.15, -0.1) is 0 Å². The van der Waals surface area contributed by atoms with Crippen molar-refractivity contribution >= 4 is 29.1 Å². The molecule has 2 bridgehead atoms. The summed E-state index contributed by atoms with van der Waals surface area (Å²) in [6.07, 6.45) is 7.22. The van der Waals surface area contributed by atoms with Crippen molar-refractivity contribution in [2.45, 2.75) is 43.8 Å². The monoisotopic (exact) mass is 380 g/mol. The maximum absolute atomic E-state index is 12.7. The van der Waals surface area contributed by atoms with Crippen LogP contribution in [0.1, 0.15) is 31.7 Å². The number of rotatable bonds is 4. The number of nitrogens with zero attached hydrogens (tertiary/aromatic N) is 4. The predicted molar refractivity (Wildman–Crippen MR) is 93.9 cm³/mol. The number of halogens is 2. The summed E-state index contributed by atoms with van der Waals surface area (Å²) in [6.45, 7) is -0.0148. The Morgan fingerprint density at radius 3 is 2.44 bits per heavy atom. The highest BCUT2D eigenvalue weighted by Gasteiger charge is 2.44. The van der Waals surface area contributed by atoms with Crippen LogP contribution in [0, 0.1) is 0 Å². The van der Waals surface area contributed by atoms with Gasteiger partial charge in [-0.25, -0.2) is 0 Å². The van der Waals surface area contributed by atoms with E-state index in [2.05, 4.69) is 10.2 Å². The second-order valence-corrected chi connectivity index (χ2v) is 7.37. The second-order valence-electron chi connectivity index (χ2n) is 6.52. The third kappa shape index (κ3) is 3.33. The van der Waals surface area contributed by atoms with E-state index >= 15 is 0 Å². The van der Waals surface area contributed by atoms with E-state index in [1.54, 1.807) is 35.4 Å². The first-order valence-electron chi connectivity index (χ1n) is 8.36. The molecule has 0 saturated carbocycles. The normalized spacial score (nSPS) is 25.2. The van der Waals surface area contributed by atoms with Gasteiger partial charge in [-0.3, -0.25) is 4.79 Å². The van der Waals surface area contributed by atoms with E-state index in [-0.39, 0.29) is 30.6 Å². The van der Waals surface area contributed by atoms with Gasteiger partial charge in [0, 0.05) is 17.1 Å². The minimum absolute atomic E-state index is 0.00499. The molecule has 2 unspecified atom stereocenters. The quantitative estimate of drug-likeness (QED) is 0.815. The highest BCUT2D eigenvalue weighted by Crippen LogP contribution is 2.40. The highest BCUT2D eigenvalue weighted by atomic mass is 35.5. The molecule has 0 spiro atoms. The number of fused-ring (bicyclic) bond motifs is 2. The molecule has 8 heteroatoms. The summed E-state index contributed by atoms with van der Waals surface area (Å²) in [6, 6.07) is 5.71. The van der Waals surface area contributed by atoms with Crippen LogP contribution in [0.3, 0.4) is 0 Å². The molecule has 0 N–H and O–H groups in total. The molecule has 2 saturated heterocycles. The summed E-state index contributed by atoms with van der Waals surface area (Å²) >= 11 is 12.0. The topological polar surface area (TPSA) is 60.2 Å². The molecule has 1 aromatic carbocycles. The minimum Gasteiger partial charge on any atom is -0.482 e. The largest absolute Gasteiger partial charge is 0.482 e. The molecule has 2 atom stereocenters. The Kier molecular flexibility index (Phi) is 4.56. The van der Waals surface area contributed by atoms with Gasteiger partial charge in [-0.2, -0.15) is 15.0 Å². The van der Waals surface area contributed by atoms with Crippen LogP contribution in [0.25, 0.3) is 0 Å². The molecule has 2 aliphatic heterocycles. The zero-order chi connectivity index (χ0) is 17.4. The SMILES string of the molecule is O=C(COc1ccc(Cl)cc1Cl)N1C2CCC1CC(n1nccn1)C2. The number of aromatic nitrogens is 3. The molecule has 2 fully saturated rings. The van der Waals surface area contributed by atoms with Crippen molar-refractivity contribution in [2.24, 2.45) is 0 Å². The Balaban J connectivity index is 1.40. The van der Waals surface area contributed by atoms with Crippen LogP contribution in [-0.2, 0) is 4.79 Å². The first-order chi connectivity index (χ1) is 12.1. The van der Waals surface area contributed by atoms with Crippen LogP contribution in [0.4, 0.5) is 0 Å². The molecule has 2 aliphatic rings. The van der Waals surface area contributed by atoms with Crippen molar-refractivity contribution in [2.75, 3.05) is 6.61 Å². The van der Waals surface area contributed by atoms with Crippen LogP contribution in [-0.4, -0.2) is 44.5 Å². The number of hydrogen-bond acceptors (Lipinski definition) is 4. The fourth-order valence-corrected chi connectivity index (χ4v) is 4.43. The number of benzene rings is 1. The van der Waals surface area contributed by atoms with Crippen molar-refractivity contribution < 1.29 is 9.53 Å². The number of amides is 1. The van der Waals surface area contributed by atoms with Crippen molar-refractivity contribution in [1.82, 2.24) is 19.9 Å². The Bertz CT molecular complexity index is 754. The summed E-state index contributed by atoms with van der Waals surface area (Å²) < 4.78 is 5.62. The smallest absolute Gasteiger partial charge is 0.261 e. The van der Waals surface area contributed by atoms with Gasteiger partial charge >= 0.3 is 0 Å². The molecule has 132 valence electrons. The maximum Gasteiger partial charge on any atom is 0.261 e. The summed E-state index contributed by atoms with van der Waals surface area (Å²) in [4.78, 5) is 16.5. The number of hydrogen-bond donors (Lipinski definition) is 0. The number of ether oxygens (including phenoxy) is 1. The summed E-state index contributed by atoms with van der Waals surface area (Å²) in [5.74, 6) is 0.479. The summed E-state index contributed by atoms with van der Waals surface area (Å²) in [7, 11) is 0. The predicted octanol–water partition coefficient (Wildman–Crippen LogP) is 3.36. The average molecular weight is 381 g/mol. The summed E-state index contributed by atoms with van der Waals surface area (Å²) in [5, 5.41) is 9.45. The van der Waals surface area contributed by atoms with E-state index in [4.69, 9.17) is 27.9 Å². The van der Waals surface area contributed by atoms with E-state index in [1.165, 1.54) is 0 Å². The molecule has 0 radical (unpaired) electrons. The average Bonchev–Trinajstić information content (AvgIpc) is 3.20. The van der Waals surface area contributed by atoms with Gasteiger partial charge in [-0.05, 0) is 43.9 Å². The maximum atomic E-state index is 12.7. The molecule has 4 rings (SSSR count). The molecule has 3 heterocycles. The van der Waals surface area contributed by atoms with Crippen molar-refractivity contribution in [3.63, 3.8) is 0 Å². The lowest BCUT2D eigenvalue weighted by molar-refractivity contribution is -0.138. The van der Waals surface area contributed by atoms with E-state index in [0.717, 1.165) is 25.7 Å². The fraction of sp³-hybridized carbons (Fsp3) is 0.471. The Morgan fingerprint density at radius 2 is 1.80 bits per heavy atom. The number of carbonyl (C=O) groups is 1. The lowest BCUT2D eigenvalue weighted by Crippen LogP contribution is -2.48. The van der Waals surface area contributed by atoms with Gasteiger partial charge in [-0.1, -0.05) is 23.2 Å². The van der Waals surface area contributed by atoms with E-state index in [0.29, 0.717) is 15.8 Å². The fourth-order valence-electron chi connectivity index (χ4n) is 3.96. The van der Waals surface area contributed by atoms with Crippen LogP contribution >= 0.6 is 23.2 Å². The lowest BCUT2D eigenvalue weighted by Gasteiger charge is -2.38. The minimum atomic E-state index is -0.0148. The molecule has 1 amide bonds. The standard InChI is InChI=1S/C17H18Cl2N4O2/c18-11-1-4-16(15(19)7-11)25-10-17(24)22-12-2-3-13(22)9-14(8-12)23-20-5-6-21-23/h1,4-7,12-14H,2-3,8-10H2. The van der Waals surface area contributed by atoms with E-state index in [1.807, 2.05) is 4.90 Å². The van der Waals surface area contributed by atoms with Gasteiger partial charge in [0.05, 0.1) is 23.5 Å². The Labute approximate surface area is 155 Å². The zero-order valence-corrected chi connectivity index (χ0v) is 15.0. The van der Waals surface area contributed by atoms with Crippen LogP contribution in [0.5, 0.6) is 5.75 Å². The zero-order valence-electron chi connectivity index (χ0n) is 13.5. The highest BCUT2D eigenvalue weighted by molar-refractivity contribution is 6.35. The molecule has 6 nitrogen and oxygen atoms in total. The lowest BCUT2D eigenvalue weighted by atomic mass is 9.98. The van der Waals surface area contributed by atoms with Gasteiger partial charge < -0.3 is 9.64 Å². The van der Waals surface area contributed by atoms with Crippen molar-refractivity contribution in [1.29, 1.82) is 0 Å². The van der Waals surface area contributed by atoms with Crippen molar-refractivity contribution in [3.8, 4) is 5.75 Å². The van der Waals surface area contributed by atoms with E-state index in [9.17, 15) is 4.79 Å². The molecule has 2 aromatic rings. The first-order valence-corrected chi connectivity index (χ1v) is 9.12. The summed E-state index contributed by atoms with van der Waals surface area (Å²) in [5.41, 5.74) is 0. The molecule has 25 heavy (non-hydrogen) atoms. The Hall–Kier alpha value is -1.79. The molecule has 1 aromatic heterocycles. The Morgan fingerprint density at radius 1 is 1.12 bits per heavy atom. The van der Waals surface area contributed by atoms with Gasteiger partial charge in [0.25, 0.3) is 5.91 Å². The molecular weight excluding hydrogens is 363 g/mol. The molecular formula is C17H18Cl2N4O2. The van der Waals surface area contributed by atoms with Crippen LogP contribution in [0.15, 0.2) is 30.6 Å². The number of piperidine rings is 1. The third-order valence-electron chi connectivity index (χ3n) is 5.00. The third-order valence-corrected chi connectivity index (χ3v) is 5.53. The number of carbonyl (C=O) groups excluding carboxylic acids is 1. The van der Waals surface area contributed by atoms with E-state index < -0.39 is 0 Å². The first kappa shape index (κ1) is 16.7. The van der Waals surface area contributed by atoms with Gasteiger partial charge in [0.2, 0.25) is 0 Å². The van der Waals surface area contributed by atoms with Gasteiger partial charge in [0.15, 0.2) is 6.61 Å². The van der Waals surface area contributed by atoms with Crippen LogP contribution < -0.4 is 4.74 Å². The van der Waals surface area contributed by atoms with Crippen LogP contribution in [0.2, 0.25) is 10.0 Å². The molecule has 0 aliphatic carbocycles. The second kappa shape index (κ2) is 6.84. The van der Waals surface area contributed by atoms with Crippen molar-refractivity contribution in [3.05, 3.63) is 40.6 Å².